The molecule has 0 amide bonds. The van der Waals surface area contributed by atoms with Crippen molar-refractivity contribution in [3.8, 4) is 5.82 Å². The molecule has 34 heavy (non-hydrogen) atoms. The third-order valence-electron chi connectivity index (χ3n) is 6.10. The highest BCUT2D eigenvalue weighted by atomic mass is 32.1. The largest absolute Gasteiger partial charge is 0.385 e. The summed E-state index contributed by atoms with van der Waals surface area (Å²) in [4.78, 5) is 11.6. The van der Waals surface area contributed by atoms with Crippen LogP contribution in [-0.4, -0.2) is 37.6 Å². The average molecular weight is 469 g/mol. The van der Waals surface area contributed by atoms with Crippen LogP contribution in [0.25, 0.3) is 5.82 Å². The van der Waals surface area contributed by atoms with Crippen molar-refractivity contribution in [3.05, 3.63) is 108 Å². The summed E-state index contributed by atoms with van der Waals surface area (Å²) in [5, 5.41) is 7.80. The van der Waals surface area contributed by atoms with Gasteiger partial charge in [0.15, 0.2) is 5.11 Å². The minimum atomic E-state index is -0.0464. The molecule has 0 radical (unpaired) electrons. The van der Waals surface area contributed by atoms with E-state index in [4.69, 9.17) is 12.2 Å². The molecule has 1 aliphatic rings. The van der Waals surface area contributed by atoms with E-state index in [0.29, 0.717) is 0 Å². The minimum absolute atomic E-state index is 0.00257. The summed E-state index contributed by atoms with van der Waals surface area (Å²) in [5.74, 6) is 0.897. The Hall–Kier alpha value is -3.71. The lowest BCUT2D eigenvalue weighted by Crippen LogP contribution is -2.32. The molecule has 2 atom stereocenters. The number of nitrogens with one attached hydrogen (secondary N) is 2. The molecule has 1 aromatic carbocycles. The van der Waals surface area contributed by atoms with Crippen molar-refractivity contribution in [2.45, 2.75) is 25.4 Å². The van der Waals surface area contributed by atoms with Crippen molar-refractivity contribution in [2.24, 2.45) is 0 Å². The Morgan fingerprint density at radius 2 is 1.82 bits per heavy atom. The smallest absolute Gasteiger partial charge is 0.170 e. The van der Waals surface area contributed by atoms with E-state index in [9.17, 15) is 0 Å². The molecule has 1 aliphatic heterocycles. The van der Waals surface area contributed by atoms with Crippen molar-refractivity contribution < 1.29 is 0 Å². The molecule has 0 bridgehead atoms. The second kappa shape index (κ2) is 10.1. The summed E-state index contributed by atoms with van der Waals surface area (Å²) in [5.41, 5.74) is 4.38. The van der Waals surface area contributed by atoms with E-state index < -0.39 is 0 Å². The van der Waals surface area contributed by atoms with E-state index in [1.807, 2.05) is 42.7 Å². The average Bonchev–Trinajstić information content (AvgIpc) is 3.48. The molecule has 172 valence electrons. The van der Waals surface area contributed by atoms with Crippen molar-refractivity contribution in [1.82, 2.24) is 24.8 Å². The van der Waals surface area contributed by atoms with Gasteiger partial charge in [0.1, 0.15) is 5.82 Å². The molecule has 1 saturated heterocycles. The standard InChI is InChI=1S/C27H28N6S/c1-20-13-14-24(30-19-20)32-17-7-12-23(32)26-25(22-11-5-6-15-29-22)31-27(34)33(26)18-8-16-28-21-9-3-2-4-10-21/h2-7,9-15,17,19,25-26,28H,8,16,18H2,1H3,(H,31,34)/t25-,26-/m0/s1. The number of para-hydroxylation sites is 1. The summed E-state index contributed by atoms with van der Waals surface area (Å²) in [6.07, 6.45) is 6.76. The molecule has 6 nitrogen and oxygen atoms in total. The third-order valence-corrected chi connectivity index (χ3v) is 6.45. The first-order valence-electron chi connectivity index (χ1n) is 11.6. The van der Waals surface area contributed by atoms with Crippen LogP contribution in [-0.2, 0) is 0 Å². The van der Waals surface area contributed by atoms with Crippen molar-refractivity contribution in [2.75, 3.05) is 18.4 Å². The molecule has 4 heterocycles. The molecule has 1 fully saturated rings. The highest BCUT2D eigenvalue weighted by Crippen LogP contribution is 2.39. The van der Waals surface area contributed by atoms with Crippen LogP contribution in [0, 0.1) is 6.92 Å². The number of pyridine rings is 2. The summed E-state index contributed by atoms with van der Waals surface area (Å²) in [6.45, 7) is 3.74. The van der Waals surface area contributed by atoms with Crippen LogP contribution >= 0.6 is 12.2 Å². The van der Waals surface area contributed by atoms with Gasteiger partial charge in [0, 0.05) is 43.1 Å². The zero-order chi connectivity index (χ0) is 23.3. The number of hydrogen-bond donors (Lipinski definition) is 2. The molecule has 3 aromatic heterocycles. The van der Waals surface area contributed by atoms with E-state index in [2.05, 4.69) is 85.7 Å². The van der Waals surface area contributed by atoms with Gasteiger partial charge in [-0.25, -0.2) is 4.98 Å². The van der Waals surface area contributed by atoms with E-state index in [0.717, 1.165) is 53.1 Å². The van der Waals surface area contributed by atoms with Gasteiger partial charge in [0.05, 0.1) is 17.8 Å². The van der Waals surface area contributed by atoms with E-state index in [1.165, 1.54) is 0 Å². The van der Waals surface area contributed by atoms with Gasteiger partial charge in [-0.15, -0.1) is 0 Å². The number of hydrogen-bond acceptors (Lipinski definition) is 4. The maximum absolute atomic E-state index is 5.83. The van der Waals surface area contributed by atoms with Gasteiger partial charge in [0.2, 0.25) is 0 Å². The van der Waals surface area contributed by atoms with Gasteiger partial charge in [-0.05, 0) is 73.6 Å². The minimum Gasteiger partial charge on any atom is -0.385 e. The summed E-state index contributed by atoms with van der Waals surface area (Å²) in [7, 11) is 0. The molecule has 0 saturated carbocycles. The first kappa shape index (κ1) is 22.1. The molecular weight excluding hydrogens is 440 g/mol. The second-order valence-electron chi connectivity index (χ2n) is 8.46. The fourth-order valence-corrected chi connectivity index (χ4v) is 4.78. The molecule has 0 unspecified atom stereocenters. The number of nitrogens with zero attached hydrogens (tertiary/aromatic N) is 4. The summed E-state index contributed by atoms with van der Waals surface area (Å²) < 4.78 is 2.16. The zero-order valence-corrected chi connectivity index (χ0v) is 19.9. The van der Waals surface area contributed by atoms with E-state index in [-0.39, 0.29) is 12.1 Å². The number of aromatic nitrogens is 3. The predicted molar refractivity (Wildman–Crippen MR) is 140 cm³/mol. The Labute approximate surface area is 205 Å². The SMILES string of the molecule is Cc1ccc(-n2cccc2[C@H]2[C@H](c3ccccn3)NC(=S)N2CCCNc2ccccc2)nc1. The van der Waals surface area contributed by atoms with Crippen LogP contribution in [0.15, 0.2) is 91.4 Å². The Balaban J connectivity index is 1.42. The molecular formula is C27H28N6S. The van der Waals surface area contributed by atoms with Crippen molar-refractivity contribution in [3.63, 3.8) is 0 Å². The lowest BCUT2D eigenvalue weighted by molar-refractivity contribution is 0.307. The molecule has 5 rings (SSSR count). The Morgan fingerprint density at radius 3 is 2.59 bits per heavy atom. The van der Waals surface area contributed by atoms with Gasteiger partial charge in [0.25, 0.3) is 0 Å². The van der Waals surface area contributed by atoms with Crippen LogP contribution < -0.4 is 10.6 Å². The fraction of sp³-hybridized carbons (Fsp3) is 0.222. The summed E-state index contributed by atoms with van der Waals surface area (Å²) in [6, 6.07) is 24.6. The molecule has 0 spiro atoms. The van der Waals surface area contributed by atoms with Gasteiger partial charge in [-0.1, -0.05) is 30.3 Å². The number of rotatable bonds is 8. The van der Waals surface area contributed by atoms with Crippen LogP contribution in [0.5, 0.6) is 0 Å². The highest BCUT2D eigenvalue weighted by Gasteiger charge is 2.41. The van der Waals surface area contributed by atoms with E-state index >= 15 is 0 Å². The highest BCUT2D eigenvalue weighted by molar-refractivity contribution is 7.80. The zero-order valence-electron chi connectivity index (χ0n) is 19.1. The quantitative estimate of drug-likeness (QED) is 0.279. The first-order chi connectivity index (χ1) is 16.7. The van der Waals surface area contributed by atoms with Gasteiger partial charge in [-0.2, -0.15) is 0 Å². The lowest BCUT2D eigenvalue weighted by Gasteiger charge is -2.29. The van der Waals surface area contributed by atoms with Crippen LogP contribution in [0.3, 0.4) is 0 Å². The predicted octanol–water partition coefficient (Wildman–Crippen LogP) is 5.05. The maximum Gasteiger partial charge on any atom is 0.170 e. The normalized spacial score (nSPS) is 17.6. The molecule has 2 N–H and O–H groups in total. The van der Waals surface area contributed by atoms with E-state index in [1.54, 1.807) is 0 Å². The maximum atomic E-state index is 5.83. The van der Waals surface area contributed by atoms with Gasteiger partial charge < -0.3 is 20.1 Å². The lowest BCUT2D eigenvalue weighted by atomic mass is 10.0. The van der Waals surface area contributed by atoms with Crippen LogP contribution in [0.2, 0.25) is 0 Å². The molecule has 7 heteroatoms. The Bertz CT molecular complexity index is 1220. The number of aryl methyl sites for hydroxylation is 1. The molecule has 0 aliphatic carbocycles. The third kappa shape index (κ3) is 4.65. The number of benzene rings is 1. The fourth-order valence-electron chi connectivity index (χ4n) is 4.45. The number of thiocarbonyl (C=S) groups is 1. The Kier molecular flexibility index (Phi) is 6.53. The van der Waals surface area contributed by atoms with Crippen LogP contribution in [0.1, 0.15) is 35.5 Å². The summed E-state index contributed by atoms with van der Waals surface area (Å²) >= 11 is 5.83. The van der Waals surface area contributed by atoms with Crippen molar-refractivity contribution >= 4 is 23.0 Å². The van der Waals surface area contributed by atoms with Crippen LogP contribution in [0.4, 0.5) is 5.69 Å². The van der Waals surface area contributed by atoms with Gasteiger partial charge >= 0.3 is 0 Å². The topological polar surface area (TPSA) is 58.0 Å². The van der Waals surface area contributed by atoms with Crippen molar-refractivity contribution in [1.29, 1.82) is 0 Å². The Morgan fingerprint density at radius 1 is 0.971 bits per heavy atom. The first-order valence-corrected chi connectivity index (χ1v) is 12.0. The second-order valence-corrected chi connectivity index (χ2v) is 8.85. The monoisotopic (exact) mass is 468 g/mol. The number of anilines is 1. The molecule has 4 aromatic rings. The van der Waals surface area contributed by atoms with Gasteiger partial charge in [-0.3, -0.25) is 4.98 Å².